The molecular formula is C30H29ClN4OS. The van der Waals surface area contributed by atoms with Crippen LogP contribution in [-0.4, -0.2) is 29.0 Å². The summed E-state index contributed by atoms with van der Waals surface area (Å²) in [4.78, 5) is 24.7. The summed E-state index contributed by atoms with van der Waals surface area (Å²) in [5.74, 6) is 1.44. The second kappa shape index (κ2) is 12.3. The first kappa shape index (κ1) is 25.3. The van der Waals surface area contributed by atoms with Gasteiger partial charge in [-0.25, -0.2) is 9.97 Å². The fourth-order valence-corrected chi connectivity index (χ4v) is 5.56. The van der Waals surface area contributed by atoms with Gasteiger partial charge in [0.05, 0.1) is 6.04 Å². The fourth-order valence-electron chi connectivity index (χ4n) is 4.54. The minimum absolute atomic E-state index is 0.0908. The molecule has 1 fully saturated rings. The number of aromatic nitrogens is 2. The zero-order valence-electron chi connectivity index (χ0n) is 20.5. The van der Waals surface area contributed by atoms with Crippen molar-refractivity contribution in [2.75, 3.05) is 18.0 Å². The zero-order chi connectivity index (χ0) is 25.5. The van der Waals surface area contributed by atoms with Gasteiger partial charge in [-0.05, 0) is 48.1 Å². The number of thioether (sulfide) groups is 1. The second-order valence-corrected chi connectivity index (χ2v) is 10.5. The molecule has 4 aromatic rings. The molecule has 1 aliphatic heterocycles. The molecule has 7 heteroatoms. The van der Waals surface area contributed by atoms with Crippen molar-refractivity contribution in [3.8, 4) is 0 Å². The average molecular weight is 529 g/mol. The Hall–Kier alpha value is -3.35. The van der Waals surface area contributed by atoms with Gasteiger partial charge in [0.2, 0.25) is 0 Å². The van der Waals surface area contributed by atoms with Gasteiger partial charge in [0.25, 0.3) is 5.91 Å². The summed E-state index contributed by atoms with van der Waals surface area (Å²) in [6, 6.07) is 29.8. The topological polar surface area (TPSA) is 58.1 Å². The van der Waals surface area contributed by atoms with Gasteiger partial charge in [0.15, 0.2) is 5.16 Å². The van der Waals surface area contributed by atoms with Crippen LogP contribution in [0, 0.1) is 0 Å². The largest absolute Gasteiger partial charge is 0.356 e. The van der Waals surface area contributed by atoms with E-state index in [9.17, 15) is 4.79 Å². The summed E-state index contributed by atoms with van der Waals surface area (Å²) in [6.07, 6.45) is 3.07. The van der Waals surface area contributed by atoms with E-state index in [2.05, 4.69) is 39.5 Å². The van der Waals surface area contributed by atoms with E-state index in [1.165, 1.54) is 30.2 Å². The lowest BCUT2D eigenvalue weighted by molar-refractivity contribution is 0.0936. The molecule has 37 heavy (non-hydrogen) atoms. The molecular weight excluding hydrogens is 500 g/mol. The summed E-state index contributed by atoms with van der Waals surface area (Å²) < 4.78 is 0. The van der Waals surface area contributed by atoms with Crippen molar-refractivity contribution in [1.29, 1.82) is 0 Å². The van der Waals surface area contributed by atoms with Gasteiger partial charge >= 0.3 is 0 Å². The number of carbonyl (C=O) groups excluding carboxylic acids is 1. The Labute approximate surface area is 227 Å². The first-order chi connectivity index (χ1) is 18.1. The average Bonchev–Trinajstić information content (AvgIpc) is 3.48. The Balaban J connectivity index is 1.27. The molecule has 188 valence electrons. The third-order valence-electron chi connectivity index (χ3n) is 6.44. The Morgan fingerprint density at radius 2 is 1.59 bits per heavy atom. The number of hydrogen-bond donors (Lipinski definition) is 1. The fraction of sp³-hybridized carbons (Fsp3) is 0.233. The quantitative estimate of drug-likeness (QED) is 0.148. The molecule has 0 saturated carbocycles. The number of rotatable bonds is 9. The van der Waals surface area contributed by atoms with Gasteiger partial charge in [-0.15, -0.1) is 0 Å². The number of carbonyl (C=O) groups is 1. The van der Waals surface area contributed by atoms with Crippen molar-refractivity contribution in [2.45, 2.75) is 36.2 Å². The van der Waals surface area contributed by atoms with Crippen molar-refractivity contribution in [2.24, 2.45) is 0 Å². The minimum Gasteiger partial charge on any atom is -0.356 e. The minimum atomic E-state index is -0.127. The molecule has 0 aliphatic carbocycles. The van der Waals surface area contributed by atoms with Crippen molar-refractivity contribution < 1.29 is 4.79 Å². The molecule has 2 heterocycles. The molecule has 1 N–H and O–H groups in total. The van der Waals surface area contributed by atoms with E-state index in [-0.39, 0.29) is 11.9 Å². The lowest BCUT2D eigenvalue weighted by Crippen LogP contribution is -2.30. The normalized spacial score (nSPS) is 13.9. The van der Waals surface area contributed by atoms with Gasteiger partial charge in [-0.2, -0.15) is 0 Å². The number of hydrogen-bond acceptors (Lipinski definition) is 5. The van der Waals surface area contributed by atoms with E-state index >= 15 is 0 Å². The highest BCUT2D eigenvalue weighted by Gasteiger charge is 2.18. The molecule has 3 aromatic carbocycles. The standard InChI is InChI=1S/C30H29ClN4OS/c31-27-20-28(35-16-7-8-17-35)34-30(33-27)37-21-23-12-9-15-25(18-23)29(36)32-26(24-13-5-2-6-14-24)19-22-10-3-1-4-11-22/h1-6,9-15,18,20,26H,7-8,16-17,19,21H2,(H,32,36)/t26-/m0/s1. The molecule has 5 rings (SSSR count). The molecule has 5 nitrogen and oxygen atoms in total. The van der Waals surface area contributed by atoms with E-state index in [0.29, 0.717) is 21.6 Å². The number of amides is 1. The van der Waals surface area contributed by atoms with Crippen LogP contribution >= 0.6 is 23.4 Å². The zero-order valence-corrected chi connectivity index (χ0v) is 22.1. The Morgan fingerprint density at radius 3 is 2.35 bits per heavy atom. The summed E-state index contributed by atoms with van der Waals surface area (Å²) in [6.45, 7) is 2.01. The lowest BCUT2D eigenvalue weighted by atomic mass is 9.98. The Bertz CT molecular complexity index is 1330. The van der Waals surface area contributed by atoms with Crippen molar-refractivity contribution in [3.05, 3.63) is 118 Å². The van der Waals surface area contributed by atoms with Crippen molar-refractivity contribution in [3.63, 3.8) is 0 Å². The first-order valence-electron chi connectivity index (χ1n) is 12.5. The molecule has 1 aromatic heterocycles. The van der Waals surface area contributed by atoms with E-state index in [1.54, 1.807) is 0 Å². The van der Waals surface area contributed by atoms with Gasteiger partial charge in [-0.3, -0.25) is 4.79 Å². The predicted molar refractivity (Wildman–Crippen MR) is 151 cm³/mol. The highest BCUT2D eigenvalue weighted by molar-refractivity contribution is 7.98. The number of halogens is 1. The SMILES string of the molecule is O=C(N[C@@H](Cc1ccccc1)c1ccccc1)c1cccc(CSc2nc(Cl)cc(N3CCCC3)n2)c1. The van der Waals surface area contributed by atoms with Gasteiger partial charge in [0.1, 0.15) is 11.0 Å². The van der Waals surface area contributed by atoms with Crippen LogP contribution in [0.2, 0.25) is 5.15 Å². The molecule has 1 saturated heterocycles. The number of benzene rings is 3. The van der Waals surface area contributed by atoms with Crippen LogP contribution in [0.4, 0.5) is 5.82 Å². The Morgan fingerprint density at radius 1 is 0.892 bits per heavy atom. The molecule has 0 bridgehead atoms. The molecule has 0 radical (unpaired) electrons. The predicted octanol–water partition coefficient (Wildman–Crippen LogP) is 6.74. The van der Waals surface area contributed by atoms with Crippen LogP contribution < -0.4 is 10.2 Å². The molecule has 1 atom stereocenters. The van der Waals surface area contributed by atoms with E-state index in [4.69, 9.17) is 16.6 Å². The summed E-state index contributed by atoms with van der Waals surface area (Å²) in [7, 11) is 0. The number of nitrogens with one attached hydrogen (secondary N) is 1. The molecule has 0 unspecified atom stereocenters. The van der Waals surface area contributed by atoms with Crippen LogP contribution in [0.1, 0.15) is 45.9 Å². The van der Waals surface area contributed by atoms with Gasteiger partial charge in [0, 0.05) is 30.5 Å². The molecule has 1 amide bonds. The summed E-state index contributed by atoms with van der Waals surface area (Å²) in [5.41, 5.74) is 3.93. The van der Waals surface area contributed by atoms with Crippen LogP contribution in [0.3, 0.4) is 0 Å². The lowest BCUT2D eigenvalue weighted by Gasteiger charge is -2.20. The maximum atomic E-state index is 13.3. The van der Waals surface area contributed by atoms with Crippen molar-refractivity contribution in [1.82, 2.24) is 15.3 Å². The molecule has 1 aliphatic rings. The Kier molecular flexibility index (Phi) is 8.39. The maximum absolute atomic E-state index is 13.3. The van der Waals surface area contributed by atoms with Crippen LogP contribution in [0.15, 0.2) is 96.2 Å². The summed E-state index contributed by atoms with van der Waals surface area (Å²) >= 11 is 7.82. The maximum Gasteiger partial charge on any atom is 0.251 e. The monoisotopic (exact) mass is 528 g/mol. The number of anilines is 1. The van der Waals surface area contributed by atoms with Crippen LogP contribution in [0.25, 0.3) is 0 Å². The first-order valence-corrected chi connectivity index (χ1v) is 13.9. The smallest absolute Gasteiger partial charge is 0.251 e. The van der Waals surface area contributed by atoms with E-state index < -0.39 is 0 Å². The second-order valence-electron chi connectivity index (χ2n) is 9.14. The van der Waals surface area contributed by atoms with Crippen molar-refractivity contribution >= 4 is 35.1 Å². The highest BCUT2D eigenvalue weighted by Crippen LogP contribution is 2.27. The van der Waals surface area contributed by atoms with E-state index in [1.807, 2.05) is 66.7 Å². The number of nitrogens with zero attached hydrogens (tertiary/aromatic N) is 3. The third-order valence-corrected chi connectivity index (χ3v) is 7.55. The van der Waals surface area contributed by atoms with Crippen LogP contribution in [0.5, 0.6) is 0 Å². The van der Waals surface area contributed by atoms with Crippen LogP contribution in [-0.2, 0) is 12.2 Å². The third kappa shape index (κ3) is 6.90. The highest BCUT2D eigenvalue weighted by atomic mass is 35.5. The van der Waals surface area contributed by atoms with Gasteiger partial charge in [-0.1, -0.05) is 96.2 Å². The summed E-state index contributed by atoms with van der Waals surface area (Å²) in [5, 5.41) is 4.36. The van der Waals surface area contributed by atoms with E-state index in [0.717, 1.165) is 36.5 Å². The van der Waals surface area contributed by atoms with Gasteiger partial charge < -0.3 is 10.2 Å². The molecule has 0 spiro atoms.